The van der Waals surface area contributed by atoms with Crippen molar-refractivity contribution in [2.45, 2.75) is 6.54 Å². The minimum atomic E-state index is -0.247. The summed E-state index contributed by atoms with van der Waals surface area (Å²) in [5, 5.41) is 0. The topological polar surface area (TPSA) is 29.3 Å². The molecule has 0 saturated carbocycles. The fourth-order valence-corrected chi connectivity index (χ4v) is 2.41. The van der Waals surface area contributed by atoms with Crippen LogP contribution in [0.15, 0.2) is 46.9 Å². The van der Waals surface area contributed by atoms with E-state index in [1.165, 1.54) is 12.1 Å². The van der Waals surface area contributed by atoms with Gasteiger partial charge in [0.15, 0.2) is 0 Å². The first kappa shape index (κ1) is 13.1. The Balaban J connectivity index is 2.46. The Morgan fingerprint density at radius 3 is 2.61 bits per heavy atom. The molecule has 0 saturated heterocycles. The highest BCUT2D eigenvalue weighted by atomic mass is 79.9. The normalized spacial score (nSPS) is 10.4. The fourth-order valence-electron chi connectivity index (χ4n) is 1.89. The predicted octanol–water partition coefficient (Wildman–Crippen LogP) is 3.81. The smallest absolute Gasteiger partial charge is 0.125 e. The first-order valence-electron chi connectivity index (χ1n) is 5.60. The number of hydrogen-bond donors (Lipinski definition) is 1. The van der Waals surface area contributed by atoms with E-state index in [0.29, 0.717) is 6.54 Å². The summed E-state index contributed by atoms with van der Waals surface area (Å²) in [4.78, 5) is 1.93. The minimum Gasteiger partial charge on any atom is -0.344 e. The predicted molar refractivity (Wildman–Crippen MR) is 76.5 cm³/mol. The molecule has 0 fully saturated rings. The summed E-state index contributed by atoms with van der Waals surface area (Å²) in [7, 11) is 1.90. The molecular formula is C14H14BrFN2. The van der Waals surface area contributed by atoms with Gasteiger partial charge in [0, 0.05) is 35.0 Å². The average Bonchev–Trinajstić information content (AvgIpc) is 2.37. The van der Waals surface area contributed by atoms with Gasteiger partial charge in [0.05, 0.1) is 0 Å². The lowest BCUT2D eigenvalue weighted by molar-refractivity contribution is 0.628. The SMILES string of the molecule is CN(c1cccc(F)c1)c1cccc(Br)c1CN. The summed E-state index contributed by atoms with van der Waals surface area (Å²) in [5.41, 5.74) is 8.53. The third-order valence-electron chi connectivity index (χ3n) is 2.86. The Morgan fingerprint density at radius 1 is 1.22 bits per heavy atom. The second kappa shape index (κ2) is 5.50. The van der Waals surface area contributed by atoms with Gasteiger partial charge < -0.3 is 10.6 Å². The molecule has 2 aromatic carbocycles. The Kier molecular flexibility index (Phi) is 3.99. The van der Waals surface area contributed by atoms with Crippen LogP contribution in [0.4, 0.5) is 15.8 Å². The molecule has 2 nitrogen and oxygen atoms in total. The van der Waals surface area contributed by atoms with Crippen molar-refractivity contribution in [3.8, 4) is 0 Å². The number of halogens is 2. The summed E-state index contributed by atoms with van der Waals surface area (Å²) in [6, 6.07) is 12.4. The van der Waals surface area contributed by atoms with E-state index in [0.717, 1.165) is 21.4 Å². The van der Waals surface area contributed by atoms with Crippen LogP contribution in [-0.2, 0) is 6.54 Å². The molecule has 4 heteroatoms. The standard InChI is InChI=1S/C14H14BrFN2/c1-18(11-5-2-4-10(16)8-11)14-7-3-6-13(15)12(14)9-17/h2-8H,9,17H2,1H3. The highest BCUT2D eigenvalue weighted by molar-refractivity contribution is 9.10. The van der Waals surface area contributed by atoms with E-state index in [1.807, 2.05) is 36.2 Å². The van der Waals surface area contributed by atoms with Crippen LogP contribution in [0.1, 0.15) is 5.56 Å². The van der Waals surface area contributed by atoms with Crippen LogP contribution < -0.4 is 10.6 Å². The van der Waals surface area contributed by atoms with Crippen LogP contribution >= 0.6 is 15.9 Å². The van der Waals surface area contributed by atoms with Gasteiger partial charge in [0.1, 0.15) is 5.82 Å². The summed E-state index contributed by atoms with van der Waals surface area (Å²) < 4.78 is 14.2. The maximum absolute atomic E-state index is 13.2. The molecule has 2 aromatic rings. The maximum atomic E-state index is 13.2. The van der Waals surface area contributed by atoms with Gasteiger partial charge in [-0.2, -0.15) is 0 Å². The molecule has 0 bridgehead atoms. The van der Waals surface area contributed by atoms with Gasteiger partial charge >= 0.3 is 0 Å². The highest BCUT2D eigenvalue weighted by Crippen LogP contribution is 2.31. The molecule has 0 aliphatic carbocycles. The maximum Gasteiger partial charge on any atom is 0.125 e. The van der Waals surface area contributed by atoms with Gasteiger partial charge in [-0.05, 0) is 30.3 Å². The average molecular weight is 309 g/mol. The quantitative estimate of drug-likeness (QED) is 0.934. The lowest BCUT2D eigenvalue weighted by Crippen LogP contribution is -2.14. The Bertz CT molecular complexity index is 557. The monoisotopic (exact) mass is 308 g/mol. The first-order valence-corrected chi connectivity index (χ1v) is 6.39. The van der Waals surface area contributed by atoms with Crippen LogP contribution in [0, 0.1) is 5.82 Å². The zero-order valence-corrected chi connectivity index (χ0v) is 11.6. The molecule has 0 atom stereocenters. The molecule has 0 aliphatic rings. The van der Waals surface area contributed by atoms with Gasteiger partial charge in [0.25, 0.3) is 0 Å². The first-order chi connectivity index (χ1) is 8.63. The summed E-state index contributed by atoms with van der Waals surface area (Å²) in [5.74, 6) is -0.247. The molecule has 0 aromatic heterocycles. The molecule has 0 aliphatic heterocycles. The van der Waals surface area contributed by atoms with E-state index in [1.54, 1.807) is 6.07 Å². The molecule has 18 heavy (non-hydrogen) atoms. The second-order valence-electron chi connectivity index (χ2n) is 3.98. The molecule has 94 valence electrons. The molecule has 2 rings (SSSR count). The molecule has 0 unspecified atom stereocenters. The van der Waals surface area contributed by atoms with E-state index in [-0.39, 0.29) is 5.82 Å². The van der Waals surface area contributed by atoms with Crippen LogP contribution in [0.2, 0.25) is 0 Å². The Morgan fingerprint density at radius 2 is 1.94 bits per heavy atom. The van der Waals surface area contributed by atoms with Crippen LogP contribution in [0.5, 0.6) is 0 Å². The van der Waals surface area contributed by atoms with E-state index < -0.39 is 0 Å². The zero-order valence-electron chi connectivity index (χ0n) is 10.0. The van der Waals surface area contributed by atoms with E-state index >= 15 is 0 Å². The number of hydrogen-bond acceptors (Lipinski definition) is 2. The number of anilines is 2. The van der Waals surface area contributed by atoms with Crippen molar-refractivity contribution in [3.05, 3.63) is 58.3 Å². The number of nitrogens with two attached hydrogens (primary N) is 1. The molecule has 0 amide bonds. The van der Waals surface area contributed by atoms with Crippen LogP contribution in [-0.4, -0.2) is 7.05 Å². The van der Waals surface area contributed by atoms with Crippen LogP contribution in [0.25, 0.3) is 0 Å². The molecule has 0 radical (unpaired) electrons. The van der Waals surface area contributed by atoms with Gasteiger partial charge in [-0.25, -0.2) is 4.39 Å². The van der Waals surface area contributed by atoms with Gasteiger partial charge in [-0.3, -0.25) is 0 Å². The Labute approximate surface area is 114 Å². The van der Waals surface area contributed by atoms with Gasteiger partial charge in [-0.1, -0.05) is 28.1 Å². The fraction of sp³-hybridized carbons (Fsp3) is 0.143. The largest absolute Gasteiger partial charge is 0.344 e. The zero-order chi connectivity index (χ0) is 13.1. The molecule has 0 heterocycles. The third kappa shape index (κ3) is 2.54. The van der Waals surface area contributed by atoms with E-state index in [4.69, 9.17) is 5.73 Å². The van der Waals surface area contributed by atoms with Gasteiger partial charge in [0.2, 0.25) is 0 Å². The van der Waals surface area contributed by atoms with Crippen molar-refractivity contribution in [2.75, 3.05) is 11.9 Å². The lowest BCUT2D eigenvalue weighted by atomic mass is 10.1. The van der Waals surface area contributed by atoms with Crippen molar-refractivity contribution < 1.29 is 4.39 Å². The van der Waals surface area contributed by atoms with E-state index in [9.17, 15) is 4.39 Å². The molecular weight excluding hydrogens is 295 g/mol. The van der Waals surface area contributed by atoms with Crippen molar-refractivity contribution in [1.29, 1.82) is 0 Å². The van der Waals surface area contributed by atoms with Gasteiger partial charge in [-0.15, -0.1) is 0 Å². The summed E-state index contributed by atoms with van der Waals surface area (Å²) >= 11 is 3.48. The Hall–Kier alpha value is -1.39. The minimum absolute atomic E-state index is 0.247. The van der Waals surface area contributed by atoms with Crippen molar-refractivity contribution in [1.82, 2.24) is 0 Å². The number of rotatable bonds is 3. The molecule has 0 spiro atoms. The highest BCUT2D eigenvalue weighted by Gasteiger charge is 2.11. The van der Waals surface area contributed by atoms with E-state index in [2.05, 4.69) is 15.9 Å². The number of benzene rings is 2. The van der Waals surface area contributed by atoms with Crippen molar-refractivity contribution in [3.63, 3.8) is 0 Å². The summed E-state index contributed by atoms with van der Waals surface area (Å²) in [6.45, 7) is 0.427. The summed E-state index contributed by atoms with van der Waals surface area (Å²) in [6.07, 6.45) is 0. The second-order valence-corrected chi connectivity index (χ2v) is 4.83. The van der Waals surface area contributed by atoms with Crippen molar-refractivity contribution in [2.24, 2.45) is 5.73 Å². The van der Waals surface area contributed by atoms with Crippen molar-refractivity contribution >= 4 is 27.3 Å². The third-order valence-corrected chi connectivity index (χ3v) is 3.60. The molecule has 2 N–H and O–H groups in total. The lowest BCUT2D eigenvalue weighted by Gasteiger charge is -2.23. The van der Waals surface area contributed by atoms with Crippen LogP contribution in [0.3, 0.4) is 0 Å². The number of nitrogens with zero attached hydrogens (tertiary/aromatic N) is 1.